The molecule has 1 aromatic heterocycles. The number of benzene rings is 2. The fraction of sp³-hybridized carbons (Fsp3) is 0.308. The van der Waals surface area contributed by atoms with E-state index in [2.05, 4.69) is 0 Å². The second-order valence-electron chi connectivity index (χ2n) is 8.66. The van der Waals surface area contributed by atoms with E-state index in [1.54, 1.807) is 25.1 Å². The number of carbonyl (C=O) groups excluding carboxylic acids is 2. The molecule has 0 atom stereocenters. The molecule has 1 aliphatic rings. The van der Waals surface area contributed by atoms with Gasteiger partial charge >= 0.3 is 6.18 Å². The fourth-order valence-electron chi connectivity index (χ4n) is 4.22. The summed E-state index contributed by atoms with van der Waals surface area (Å²) in [6, 6.07) is 12.4. The van der Waals surface area contributed by atoms with E-state index < -0.39 is 21.8 Å². The first-order valence-electron chi connectivity index (χ1n) is 11.5. The quantitative estimate of drug-likeness (QED) is 0.373. The molecule has 6 nitrogen and oxygen atoms in total. The zero-order valence-corrected chi connectivity index (χ0v) is 20.4. The van der Waals surface area contributed by atoms with Crippen LogP contribution in [0, 0.1) is 0 Å². The molecule has 10 heteroatoms. The Bertz CT molecular complexity index is 1390. The van der Waals surface area contributed by atoms with E-state index in [9.17, 15) is 31.2 Å². The molecule has 0 aliphatic carbocycles. The molecule has 190 valence electrons. The van der Waals surface area contributed by atoms with Gasteiger partial charge in [0.25, 0.3) is 0 Å². The van der Waals surface area contributed by atoms with Gasteiger partial charge in [0.15, 0.2) is 11.6 Å². The Morgan fingerprint density at radius 2 is 1.58 bits per heavy atom. The summed E-state index contributed by atoms with van der Waals surface area (Å²) < 4.78 is 67.8. The molecular formula is C26H25F3N2O4S. The standard InChI is InChI=1S/C26H25F3N2O4S/c1-2-24(32)23-15-22(36(34,35)31-12-3-4-13-31)16-30(23)17-25(33)19-10-8-18(9-11-19)20-6-5-7-21(14-20)26(27,28)29/h5-11,14-16H,2-4,12-13,17H2,1H3. The number of rotatable bonds is 8. The van der Waals surface area contributed by atoms with E-state index >= 15 is 0 Å². The maximum absolute atomic E-state index is 13.0. The van der Waals surface area contributed by atoms with Gasteiger partial charge in [-0.3, -0.25) is 9.59 Å². The lowest BCUT2D eigenvalue weighted by Crippen LogP contribution is -2.27. The highest BCUT2D eigenvalue weighted by Gasteiger charge is 2.31. The van der Waals surface area contributed by atoms with Gasteiger partial charge in [0.1, 0.15) is 4.90 Å². The van der Waals surface area contributed by atoms with Crippen molar-refractivity contribution in [1.29, 1.82) is 0 Å². The molecule has 4 rings (SSSR count). The summed E-state index contributed by atoms with van der Waals surface area (Å²) in [6.45, 7) is 2.24. The first kappa shape index (κ1) is 25.8. The second kappa shape index (κ2) is 10.0. The van der Waals surface area contributed by atoms with Gasteiger partial charge in [-0.15, -0.1) is 0 Å². The molecule has 1 saturated heterocycles. The fourth-order valence-corrected chi connectivity index (χ4v) is 5.78. The van der Waals surface area contributed by atoms with Crippen LogP contribution in [0.2, 0.25) is 0 Å². The van der Waals surface area contributed by atoms with E-state index in [1.807, 2.05) is 0 Å². The molecule has 1 fully saturated rings. The van der Waals surface area contributed by atoms with Crippen LogP contribution in [0.4, 0.5) is 13.2 Å². The molecular weight excluding hydrogens is 493 g/mol. The van der Waals surface area contributed by atoms with E-state index in [-0.39, 0.29) is 35.1 Å². The average molecular weight is 519 g/mol. The Labute approximate surface area is 207 Å². The van der Waals surface area contributed by atoms with E-state index in [0.717, 1.165) is 25.0 Å². The van der Waals surface area contributed by atoms with Gasteiger partial charge in [-0.25, -0.2) is 8.42 Å². The number of nitrogens with zero attached hydrogens (tertiary/aromatic N) is 2. The van der Waals surface area contributed by atoms with Gasteiger partial charge in [-0.2, -0.15) is 17.5 Å². The molecule has 0 saturated carbocycles. The number of halogens is 3. The Kier molecular flexibility index (Phi) is 7.19. The summed E-state index contributed by atoms with van der Waals surface area (Å²) in [5, 5.41) is 0. The number of Topliss-reactive ketones (excluding diaryl/α,β-unsaturated/α-hetero) is 2. The number of carbonyl (C=O) groups is 2. The van der Waals surface area contributed by atoms with Crippen molar-refractivity contribution in [2.24, 2.45) is 0 Å². The molecule has 2 heterocycles. The average Bonchev–Trinajstić information content (AvgIpc) is 3.55. The molecule has 36 heavy (non-hydrogen) atoms. The van der Waals surface area contributed by atoms with Crippen LogP contribution in [0.25, 0.3) is 11.1 Å². The molecule has 1 aliphatic heterocycles. The molecule has 0 radical (unpaired) electrons. The highest BCUT2D eigenvalue weighted by molar-refractivity contribution is 7.89. The predicted octanol–water partition coefficient (Wildman–Crippen LogP) is 5.43. The van der Waals surface area contributed by atoms with Crippen molar-refractivity contribution in [3.05, 3.63) is 77.6 Å². The lowest BCUT2D eigenvalue weighted by atomic mass is 10.0. The third-order valence-electron chi connectivity index (χ3n) is 6.23. The minimum atomic E-state index is -4.46. The van der Waals surface area contributed by atoms with E-state index in [1.165, 1.54) is 39.3 Å². The van der Waals surface area contributed by atoms with Gasteiger partial charge in [0, 0.05) is 31.3 Å². The normalized spacial score (nSPS) is 14.8. The van der Waals surface area contributed by atoms with Gasteiger partial charge in [-0.1, -0.05) is 43.3 Å². The molecule has 2 aromatic carbocycles. The first-order valence-corrected chi connectivity index (χ1v) is 13.0. The van der Waals surface area contributed by atoms with Gasteiger partial charge in [0.2, 0.25) is 10.0 Å². The van der Waals surface area contributed by atoms with Crippen molar-refractivity contribution < 1.29 is 31.2 Å². The first-order chi connectivity index (χ1) is 17.0. The van der Waals surface area contributed by atoms with Crippen LogP contribution in [0.3, 0.4) is 0 Å². The van der Waals surface area contributed by atoms with Crippen LogP contribution in [-0.4, -0.2) is 41.9 Å². The number of hydrogen-bond acceptors (Lipinski definition) is 4. The number of hydrogen-bond donors (Lipinski definition) is 0. The zero-order valence-electron chi connectivity index (χ0n) is 19.6. The Hall–Kier alpha value is -3.24. The van der Waals surface area contributed by atoms with Crippen molar-refractivity contribution in [1.82, 2.24) is 8.87 Å². The third-order valence-corrected chi connectivity index (χ3v) is 8.09. The van der Waals surface area contributed by atoms with Gasteiger partial charge < -0.3 is 4.57 Å². The number of ketones is 2. The molecule has 0 spiro atoms. The number of alkyl halides is 3. The Morgan fingerprint density at radius 3 is 2.19 bits per heavy atom. The lowest BCUT2D eigenvalue weighted by molar-refractivity contribution is -0.137. The van der Waals surface area contributed by atoms with Crippen LogP contribution in [0.5, 0.6) is 0 Å². The van der Waals surface area contributed by atoms with Crippen LogP contribution < -0.4 is 0 Å². The van der Waals surface area contributed by atoms with Gasteiger partial charge in [-0.05, 0) is 42.2 Å². The molecule has 0 unspecified atom stereocenters. The Morgan fingerprint density at radius 1 is 0.917 bits per heavy atom. The van der Waals surface area contributed by atoms with E-state index in [4.69, 9.17) is 0 Å². The van der Waals surface area contributed by atoms with Crippen LogP contribution in [0.1, 0.15) is 52.6 Å². The molecule has 0 bridgehead atoms. The van der Waals surface area contributed by atoms with Crippen LogP contribution in [-0.2, 0) is 22.7 Å². The van der Waals surface area contributed by atoms with Crippen LogP contribution >= 0.6 is 0 Å². The Balaban J connectivity index is 1.58. The maximum Gasteiger partial charge on any atom is 0.416 e. The summed E-state index contributed by atoms with van der Waals surface area (Å²) >= 11 is 0. The highest BCUT2D eigenvalue weighted by Crippen LogP contribution is 2.32. The number of aromatic nitrogens is 1. The third kappa shape index (κ3) is 5.29. The minimum Gasteiger partial charge on any atom is -0.336 e. The monoisotopic (exact) mass is 518 g/mol. The molecule has 3 aromatic rings. The van der Waals surface area contributed by atoms with Crippen molar-refractivity contribution in [3.63, 3.8) is 0 Å². The molecule has 0 N–H and O–H groups in total. The maximum atomic E-state index is 13.0. The number of sulfonamides is 1. The van der Waals surface area contributed by atoms with E-state index in [0.29, 0.717) is 29.8 Å². The second-order valence-corrected chi connectivity index (χ2v) is 10.6. The minimum absolute atomic E-state index is 0.0195. The summed E-state index contributed by atoms with van der Waals surface area (Å²) in [4.78, 5) is 25.5. The zero-order chi connectivity index (χ0) is 26.1. The topological polar surface area (TPSA) is 76.5 Å². The van der Waals surface area contributed by atoms with Gasteiger partial charge in [0.05, 0.1) is 17.8 Å². The largest absolute Gasteiger partial charge is 0.416 e. The summed E-state index contributed by atoms with van der Waals surface area (Å²) in [5.41, 5.74) is 0.546. The van der Waals surface area contributed by atoms with Crippen molar-refractivity contribution >= 4 is 21.6 Å². The highest BCUT2D eigenvalue weighted by atomic mass is 32.2. The summed E-state index contributed by atoms with van der Waals surface area (Å²) in [5.74, 6) is -0.651. The summed E-state index contributed by atoms with van der Waals surface area (Å²) in [6.07, 6.45) is -1.44. The smallest absolute Gasteiger partial charge is 0.336 e. The SMILES string of the molecule is CCC(=O)c1cc(S(=O)(=O)N2CCCC2)cn1CC(=O)c1ccc(-c2cccc(C(F)(F)F)c2)cc1. The molecule has 0 amide bonds. The summed E-state index contributed by atoms with van der Waals surface area (Å²) in [7, 11) is -3.76. The predicted molar refractivity (Wildman–Crippen MR) is 128 cm³/mol. The van der Waals surface area contributed by atoms with Crippen molar-refractivity contribution in [2.75, 3.05) is 13.1 Å². The van der Waals surface area contributed by atoms with Crippen molar-refractivity contribution in [2.45, 2.75) is 43.8 Å². The van der Waals surface area contributed by atoms with Crippen LogP contribution in [0.15, 0.2) is 65.7 Å². The van der Waals surface area contributed by atoms with Crippen molar-refractivity contribution in [3.8, 4) is 11.1 Å². The lowest BCUT2D eigenvalue weighted by Gasteiger charge is -2.13.